The molecule has 1 saturated carbocycles. The highest BCUT2D eigenvalue weighted by Crippen LogP contribution is 2.29. The Bertz CT molecular complexity index is 745. The first-order chi connectivity index (χ1) is 13.8. The van der Waals surface area contributed by atoms with E-state index in [4.69, 9.17) is 4.74 Å². The minimum atomic E-state index is 0.922. The second-order valence-corrected chi connectivity index (χ2v) is 8.99. The maximum Gasteiger partial charge on any atom is 0.119 e. The molecular formula is C25H36N2O. The Morgan fingerprint density at radius 1 is 1.00 bits per heavy atom. The van der Waals surface area contributed by atoms with E-state index in [2.05, 4.69) is 28.1 Å². The van der Waals surface area contributed by atoms with Crippen LogP contribution in [0.1, 0.15) is 63.4 Å². The molecule has 0 atom stereocenters. The van der Waals surface area contributed by atoms with Gasteiger partial charge < -0.3 is 9.64 Å². The minimum absolute atomic E-state index is 0.922. The topological polar surface area (TPSA) is 25.4 Å². The molecule has 1 aromatic carbocycles. The Balaban J connectivity index is 1.23. The van der Waals surface area contributed by atoms with Gasteiger partial charge in [0.05, 0.1) is 12.6 Å². The van der Waals surface area contributed by atoms with Gasteiger partial charge >= 0.3 is 0 Å². The number of fused-ring (bicyclic) bond motifs is 1. The van der Waals surface area contributed by atoms with Gasteiger partial charge in [-0.1, -0.05) is 25.7 Å². The third kappa shape index (κ3) is 5.05. The highest BCUT2D eigenvalue weighted by atomic mass is 16.5. The van der Waals surface area contributed by atoms with Gasteiger partial charge in [-0.2, -0.15) is 0 Å². The van der Waals surface area contributed by atoms with Gasteiger partial charge in [-0.15, -0.1) is 0 Å². The lowest BCUT2D eigenvalue weighted by molar-refractivity contribution is 0.142. The molecule has 0 spiro atoms. The third-order valence-corrected chi connectivity index (χ3v) is 7.05. The van der Waals surface area contributed by atoms with Crippen LogP contribution < -0.4 is 4.74 Å². The SMILES string of the molecule is COc1ccc2nccc(CCCC3CCN(CC4CCCCC4)CC3)c2c1. The van der Waals surface area contributed by atoms with Crippen molar-refractivity contribution in [2.45, 2.75) is 64.2 Å². The zero-order valence-corrected chi connectivity index (χ0v) is 17.5. The molecule has 1 aliphatic heterocycles. The van der Waals surface area contributed by atoms with Crippen LogP contribution >= 0.6 is 0 Å². The van der Waals surface area contributed by atoms with Crippen LogP contribution in [0.5, 0.6) is 5.75 Å². The van der Waals surface area contributed by atoms with Crippen molar-refractivity contribution in [1.29, 1.82) is 0 Å². The molecule has 1 aromatic heterocycles. The monoisotopic (exact) mass is 380 g/mol. The summed E-state index contributed by atoms with van der Waals surface area (Å²) in [4.78, 5) is 7.27. The number of hydrogen-bond donors (Lipinski definition) is 0. The third-order valence-electron chi connectivity index (χ3n) is 7.05. The van der Waals surface area contributed by atoms with Crippen LogP contribution in [0.4, 0.5) is 0 Å². The molecule has 28 heavy (non-hydrogen) atoms. The molecule has 3 heteroatoms. The van der Waals surface area contributed by atoms with Crippen molar-refractivity contribution >= 4 is 10.9 Å². The predicted molar refractivity (Wildman–Crippen MR) is 117 cm³/mol. The Labute approximate surface area is 170 Å². The molecule has 0 radical (unpaired) electrons. The van der Waals surface area contributed by atoms with E-state index in [-0.39, 0.29) is 0 Å². The van der Waals surface area contributed by atoms with Gasteiger partial charge in [0.1, 0.15) is 5.75 Å². The molecule has 0 N–H and O–H groups in total. The highest BCUT2D eigenvalue weighted by Gasteiger charge is 2.22. The number of benzene rings is 1. The van der Waals surface area contributed by atoms with E-state index in [9.17, 15) is 0 Å². The summed E-state index contributed by atoms with van der Waals surface area (Å²) < 4.78 is 5.41. The number of ether oxygens (including phenoxy) is 1. The molecule has 2 aliphatic rings. The zero-order chi connectivity index (χ0) is 19.2. The Morgan fingerprint density at radius 2 is 1.82 bits per heavy atom. The molecule has 2 fully saturated rings. The van der Waals surface area contributed by atoms with E-state index in [0.29, 0.717) is 0 Å². The second kappa shape index (κ2) is 9.73. The molecule has 4 rings (SSSR count). The predicted octanol–water partition coefficient (Wildman–Crippen LogP) is 5.86. The number of likely N-dealkylation sites (tertiary alicyclic amines) is 1. The fraction of sp³-hybridized carbons (Fsp3) is 0.640. The first kappa shape index (κ1) is 19.7. The van der Waals surface area contributed by atoms with Crippen molar-refractivity contribution in [3.63, 3.8) is 0 Å². The number of piperidine rings is 1. The van der Waals surface area contributed by atoms with E-state index < -0.39 is 0 Å². The smallest absolute Gasteiger partial charge is 0.119 e. The molecule has 0 bridgehead atoms. The number of methoxy groups -OCH3 is 1. The fourth-order valence-electron chi connectivity index (χ4n) is 5.30. The summed E-state index contributed by atoms with van der Waals surface area (Å²) in [7, 11) is 1.73. The molecule has 0 unspecified atom stereocenters. The van der Waals surface area contributed by atoms with Crippen LogP contribution in [0.15, 0.2) is 30.5 Å². The average molecular weight is 381 g/mol. The van der Waals surface area contributed by atoms with Crippen molar-refractivity contribution in [3.05, 3.63) is 36.0 Å². The lowest BCUT2D eigenvalue weighted by Gasteiger charge is -2.35. The molecule has 2 heterocycles. The lowest BCUT2D eigenvalue weighted by atomic mass is 9.87. The fourth-order valence-corrected chi connectivity index (χ4v) is 5.30. The number of hydrogen-bond acceptors (Lipinski definition) is 3. The largest absolute Gasteiger partial charge is 0.497 e. The van der Waals surface area contributed by atoms with E-state index in [1.165, 1.54) is 88.4 Å². The standard InChI is InChI=1S/C25H36N2O/c1-28-23-10-11-25-24(18-23)22(12-15-26-25)9-5-8-20-13-16-27(17-14-20)19-21-6-3-2-4-7-21/h10-12,15,18,20-21H,2-9,13-14,16-17,19H2,1H3. The van der Waals surface area contributed by atoms with Crippen molar-refractivity contribution in [1.82, 2.24) is 9.88 Å². The van der Waals surface area contributed by atoms with Gasteiger partial charge in [0, 0.05) is 18.1 Å². The average Bonchev–Trinajstić information content (AvgIpc) is 2.75. The van der Waals surface area contributed by atoms with Crippen LogP contribution in [0.3, 0.4) is 0 Å². The summed E-state index contributed by atoms with van der Waals surface area (Å²) in [6, 6.07) is 8.40. The van der Waals surface area contributed by atoms with Crippen LogP contribution in [0.2, 0.25) is 0 Å². The van der Waals surface area contributed by atoms with Crippen LogP contribution in [-0.2, 0) is 6.42 Å². The summed E-state index contributed by atoms with van der Waals surface area (Å²) in [5.74, 6) is 2.83. The zero-order valence-electron chi connectivity index (χ0n) is 17.5. The molecular weight excluding hydrogens is 344 g/mol. The Morgan fingerprint density at radius 3 is 2.61 bits per heavy atom. The number of aromatic nitrogens is 1. The Kier molecular flexibility index (Phi) is 6.85. The van der Waals surface area contributed by atoms with Gasteiger partial charge in [-0.05, 0) is 93.3 Å². The van der Waals surface area contributed by atoms with Gasteiger partial charge in [0.15, 0.2) is 0 Å². The second-order valence-electron chi connectivity index (χ2n) is 8.99. The maximum atomic E-state index is 5.41. The van der Waals surface area contributed by atoms with E-state index in [1.807, 2.05) is 12.3 Å². The van der Waals surface area contributed by atoms with Gasteiger partial charge in [0.25, 0.3) is 0 Å². The molecule has 1 aliphatic carbocycles. The first-order valence-electron chi connectivity index (χ1n) is 11.5. The highest BCUT2D eigenvalue weighted by molar-refractivity contribution is 5.83. The van der Waals surface area contributed by atoms with Crippen molar-refractivity contribution in [2.75, 3.05) is 26.7 Å². The van der Waals surface area contributed by atoms with Gasteiger partial charge in [-0.25, -0.2) is 0 Å². The number of pyridine rings is 1. The summed E-state index contributed by atoms with van der Waals surface area (Å²) >= 11 is 0. The van der Waals surface area contributed by atoms with Crippen molar-refractivity contribution in [3.8, 4) is 5.75 Å². The van der Waals surface area contributed by atoms with E-state index >= 15 is 0 Å². The molecule has 3 nitrogen and oxygen atoms in total. The molecule has 1 saturated heterocycles. The van der Waals surface area contributed by atoms with Crippen molar-refractivity contribution < 1.29 is 4.74 Å². The quantitative estimate of drug-likeness (QED) is 0.602. The van der Waals surface area contributed by atoms with Gasteiger partial charge in [0.2, 0.25) is 0 Å². The number of nitrogens with zero attached hydrogens (tertiary/aromatic N) is 2. The summed E-state index contributed by atoms with van der Waals surface area (Å²) in [6.07, 6.45) is 15.9. The van der Waals surface area contributed by atoms with Crippen LogP contribution in [0.25, 0.3) is 10.9 Å². The van der Waals surface area contributed by atoms with Crippen LogP contribution in [0, 0.1) is 11.8 Å². The number of rotatable bonds is 7. The number of aryl methyl sites for hydroxylation is 1. The summed E-state index contributed by atoms with van der Waals surface area (Å²) in [5, 5.41) is 1.25. The Hall–Kier alpha value is -1.61. The van der Waals surface area contributed by atoms with E-state index in [0.717, 1.165) is 29.5 Å². The molecule has 2 aromatic rings. The normalized spacial score (nSPS) is 19.9. The summed E-state index contributed by atoms with van der Waals surface area (Å²) in [6.45, 7) is 4.03. The van der Waals surface area contributed by atoms with Gasteiger partial charge in [-0.3, -0.25) is 4.98 Å². The summed E-state index contributed by atoms with van der Waals surface area (Å²) in [5.41, 5.74) is 2.49. The van der Waals surface area contributed by atoms with E-state index in [1.54, 1.807) is 7.11 Å². The van der Waals surface area contributed by atoms with Crippen molar-refractivity contribution in [2.24, 2.45) is 11.8 Å². The lowest BCUT2D eigenvalue weighted by Crippen LogP contribution is -2.37. The van der Waals surface area contributed by atoms with Crippen LogP contribution in [-0.4, -0.2) is 36.6 Å². The first-order valence-corrected chi connectivity index (χ1v) is 11.5. The molecule has 0 amide bonds. The molecule has 152 valence electrons. The maximum absolute atomic E-state index is 5.41. The minimum Gasteiger partial charge on any atom is -0.497 e.